The first-order valence-corrected chi connectivity index (χ1v) is 12.5. The Morgan fingerprint density at radius 3 is 2.47 bits per heavy atom. The Kier molecular flexibility index (Phi) is 8.49. The Bertz CT molecular complexity index is 1110. The van der Waals surface area contributed by atoms with Gasteiger partial charge in [-0.1, -0.05) is 18.2 Å². The first-order chi connectivity index (χ1) is 18.2. The first-order valence-electron chi connectivity index (χ1n) is 12.5. The average Bonchev–Trinajstić information content (AvgIpc) is 3.12. The van der Waals surface area contributed by atoms with E-state index in [1.54, 1.807) is 35.1 Å². The second-order valence-electron chi connectivity index (χ2n) is 9.31. The molecule has 3 aliphatic rings. The van der Waals surface area contributed by atoms with Crippen molar-refractivity contribution in [2.45, 2.75) is 57.9 Å². The molecule has 3 unspecified atom stereocenters. The highest BCUT2D eigenvalue weighted by molar-refractivity contribution is 5.98. The smallest absolute Gasteiger partial charge is 0.310 e. The monoisotopic (exact) mass is 529 g/mol. The summed E-state index contributed by atoms with van der Waals surface area (Å²) in [5.41, 5.74) is 2.58. The van der Waals surface area contributed by atoms with Gasteiger partial charge in [0.2, 0.25) is 12.2 Å². The summed E-state index contributed by atoms with van der Waals surface area (Å²) in [6, 6.07) is 5.80. The number of hydrogen-bond acceptors (Lipinski definition) is 10. The Hall–Kier alpha value is -3.68. The molecule has 0 aromatic heterocycles. The van der Waals surface area contributed by atoms with Crippen LogP contribution in [0.15, 0.2) is 30.3 Å². The van der Waals surface area contributed by atoms with E-state index in [0.717, 1.165) is 10.1 Å². The van der Waals surface area contributed by atoms with Gasteiger partial charge in [0.25, 0.3) is 11.8 Å². The van der Waals surface area contributed by atoms with Gasteiger partial charge in [0.1, 0.15) is 23.7 Å². The largest absolute Gasteiger partial charge is 0.433 e. The van der Waals surface area contributed by atoms with Crippen molar-refractivity contribution in [3.05, 3.63) is 35.9 Å². The van der Waals surface area contributed by atoms with E-state index in [-0.39, 0.29) is 49.7 Å². The second kappa shape index (κ2) is 11.8. The van der Waals surface area contributed by atoms with Gasteiger partial charge in [-0.05, 0) is 25.5 Å². The molecule has 204 valence electrons. The summed E-state index contributed by atoms with van der Waals surface area (Å²) in [6.07, 6.45) is -0.894. The molecule has 13 nitrogen and oxygen atoms in total. The van der Waals surface area contributed by atoms with Crippen molar-refractivity contribution in [2.24, 2.45) is 0 Å². The highest BCUT2D eigenvalue weighted by Crippen LogP contribution is 2.29. The Morgan fingerprint density at radius 2 is 1.79 bits per heavy atom. The minimum absolute atomic E-state index is 0.0134. The number of hydrogen-bond donors (Lipinski definition) is 1. The zero-order valence-electron chi connectivity index (χ0n) is 21.3. The fourth-order valence-electron chi connectivity index (χ4n) is 4.91. The molecule has 3 aliphatic heterocycles. The minimum Gasteiger partial charge on any atom is -0.433 e. The van der Waals surface area contributed by atoms with Crippen LogP contribution in [0.2, 0.25) is 0 Å². The molecule has 4 rings (SSSR count). The molecule has 0 radical (unpaired) electrons. The number of Topliss-reactive ketones (excluding diaryl/α,β-unsaturated/α-hetero) is 2. The summed E-state index contributed by atoms with van der Waals surface area (Å²) in [6.45, 7) is 3.32. The molecule has 3 fully saturated rings. The summed E-state index contributed by atoms with van der Waals surface area (Å²) in [4.78, 5) is 77.6. The zero-order chi connectivity index (χ0) is 27.4. The summed E-state index contributed by atoms with van der Waals surface area (Å²) in [5, 5.41) is 4.97. The molecule has 0 bridgehead atoms. The molecule has 0 aliphatic carbocycles. The van der Waals surface area contributed by atoms with Crippen LogP contribution in [-0.2, 0) is 33.4 Å². The van der Waals surface area contributed by atoms with Crippen molar-refractivity contribution in [3.63, 3.8) is 0 Å². The molecule has 1 aromatic rings. The summed E-state index contributed by atoms with van der Waals surface area (Å²) >= 11 is 0. The number of cyclic esters (lactones) is 1. The zero-order valence-corrected chi connectivity index (χ0v) is 21.3. The van der Waals surface area contributed by atoms with Crippen LogP contribution in [0, 0.1) is 0 Å². The third-order valence-electron chi connectivity index (χ3n) is 6.49. The van der Waals surface area contributed by atoms with Crippen LogP contribution in [0.25, 0.3) is 0 Å². The third kappa shape index (κ3) is 5.90. The number of amides is 3. The lowest BCUT2D eigenvalue weighted by Gasteiger charge is -2.46. The van der Waals surface area contributed by atoms with E-state index >= 15 is 0 Å². The molecule has 3 atom stereocenters. The van der Waals surface area contributed by atoms with E-state index in [2.05, 4.69) is 5.43 Å². The van der Waals surface area contributed by atoms with E-state index in [9.17, 15) is 28.8 Å². The van der Waals surface area contributed by atoms with Crippen molar-refractivity contribution in [1.82, 2.24) is 25.6 Å². The van der Waals surface area contributed by atoms with Crippen molar-refractivity contribution < 1.29 is 38.2 Å². The van der Waals surface area contributed by atoms with E-state index < -0.39 is 42.1 Å². The maximum Gasteiger partial charge on any atom is 0.310 e. The van der Waals surface area contributed by atoms with Crippen molar-refractivity contribution in [1.29, 1.82) is 0 Å². The number of ketones is 2. The van der Waals surface area contributed by atoms with Gasteiger partial charge in [-0.15, -0.1) is 5.12 Å². The molecule has 3 heterocycles. The number of hydrazine groups is 3. The lowest BCUT2D eigenvalue weighted by Crippen LogP contribution is -2.68. The molecular formula is C25H31N5O8. The third-order valence-corrected chi connectivity index (χ3v) is 6.49. The highest BCUT2D eigenvalue weighted by atomic mass is 16.7. The fraction of sp³-hybridized carbons (Fsp3) is 0.520. The van der Waals surface area contributed by atoms with Gasteiger partial charge in [-0.3, -0.25) is 28.8 Å². The van der Waals surface area contributed by atoms with Gasteiger partial charge in [0.05, 0.1) is 19.5 Å². The van der Waals surface area contributed by atoms with Gasteiger partial charge in [-0.25, -0.2) is 20.5 Å². The Balaban J connectivity index is 1.78. The number of ether oxygens (including phenoxy) is 2. The number of carbonyl (C=O) groups excluding carboxylic acids is 6. The summed E-state index contributed by atoms with van der Waals surface area (Å²) < 4.78 is 10.9. The van der Waals surface area contributed by atoms with E-state index in [1.807, 2.05) is 0 Å². The summed E-state index contributed by atoms with van der Waals surface area (Å²) in [5.74, 6) is -3.06. The van der Waals surface area contributed by atoms with E-state index in [0.29, 0.717) is 19.4 Å². The van der Waals surface area contributed by atoms with Crippen LogP contribution in [0.5, 0.6) is 0 Å². The normalized spacial score (nSPS) is 24.3. The number of fused-ring (bicyclic) bond motifs is 1. The van der Waals surface area contributed by atoms with Crippen LogP contribution in [0.3, 0.4) is 0 Å². The van der Waals surface area contributed by atoms with Gasteiger partial charge < -0.3 is 9.47 Å². The second-order valence-corrected chi connectivity index (χ2v) is 9.31. The van der Waals surface area contributed by atoms with Crippen LogP contribution >= 0.6 is 0 Å². The van der Waals surface area contributed by atoms with Gasteiger partial charge in [-0.2, -0.15) is 0 Å². The molecule has 1 N–H and O–H groups in total. The first kappa shape index (κ1) is 27.4. The summed E-state index contributed by atoms with van der Waals surface area (Å²) in [7, 11) is 0. The molecule has 38 heavy (non-hydrogen) atoms. The number of nitrogens with one attached hydrogen (secondary N) is 1. The molecular weight excluding hydrogens is 498 g/mol. The molecule has 3 amide bonds. The lowest BCUT2D eigenvalue weighted by atomic mass is 10.0. The van der Waals surface area contributed by atoms with E-state index in [4.69, 9.17) is 9.47 Å². The Labute approximate surface area is 219 Å². The SMILES string of the molecule is CCOC1OC(=O)CC1N(C(=O)C1CC(=O)CN2CC(=O)CCCN12)N(NC(C)=O)C(=O)c1ccccc1. The quantitative estimate of drug-likeness (QED) is 0.403. The average molecular weight is 530 g/mol. The van der Waals surface area contributed by atoms with Gasteiger partial charge >= 0.3 is 5.97 Å². The maximum atomic E-state index is 14.3. The van der Waals surface area contributed by atoms with Crippen molar-refractivity contribution >= 4 is 35.3 Å². The number of benzene rings is 1. The molecule has 13 heteroatoms. The standard InChI is InChI=1S/C25H31N5O8/c1-3-37-25-21(13-22(34)38-25)29(30(26-16(2)31)23(35)17-8-5-4-6-9-17)24(36)20-12-19(33)15-27-14-18(32)10-7-11-28(20)27/h4-6,8-9,20-21,25H,3,7,10-15H2,1-2H3,(H,26,31). The number of rotatable bonds is 5. The van der Waals surface area contributed by atoms with Crippen LogP contribution in [-0.4, -0.2) is 100 Å². The fourth-order valence-corrected chi connectivity index (χ4v) is 4.91. The van der Waals surface area contributed by atoms with Gasteiger partial charge in [0, 0.05) is 38.5 Å². The minimum atomic E-state index is -1.21. The Morgan fingerprint density at radius 1 is 1.08 bits per heavy atom. The van der Waals surface area contributed by atoms with Gasteiger partial charge in [0.15, 0.2) is 0 Å². The van der Waals surface area contributed by atoms with Crippen molar-refractivity contribution in [3.8, 4) is 0 Å². The topological polar surface area (TPSA) is 146 Å². The highest BCUT2D eigenvalue weighted by Gasteiger charge is 2.50. The lowest BCUT2D eigenvalue weighted by molar-refractivity contribution is -0.198. The van der Waals surface area contributed by atoms with Crippen LogP contribution in [0.1, 0.15) is 49.9 Å². The predicted molar refractivity (Wildman–Crippen MR) is 129 cm³/mol. The van der Waals surface area contributed by atoms with Crippen LogP contribution in [0.4, 0.5) is 0 Å². The molecule has 1 aromatic carbocycles. The van der Waals surface area contributed by atoms with Crippen LogP contribution < -0.4 is 5.43 Å². The van der Waals surface area contributed by atoms with Crippen molar-refractivity contribution in [2.75, 3.05) is 26.2 Å². The number of carbonyl (C=O) groups is 6. The number of nitrogens with zero attached hydrogens (tertiary/aromatic N) is 4. The van der Waals surface area contributed by atoms with E-state index in [1.165, 1.54) is 19.1 Å². The molecule has 0 saturated carbocycles. The molecule has 3 saturated heterocycles. The number of esters is 1. The predicted octanol–water partition coefficient (Wildman–Crippen LogP) is -0.175. The molecule has 0 spiro atoms. The maximum absolute atomic E-state index is 14.3.